The Morgan fingerprint density at radius 1 is 1.39 bits per heavy atom. The van der Waals surface area contributed by atoms with E-state index < -0.39 is 40.2 Å². The Balaban J connectivity index is 3.35. The van der Waals surface area contributed by atoms with Gasteiger partial charge in [-0.05, 0) is 13.8 Å². The Bertz CT molecular complexity index is 474. The first kappa shape index (κ1) is 14.0. The zero-order valence-corrected chi connectivity index (χ0v) is 9.72. The topological polar surface area (TPSA) is 69.4 Å². The molecule has 0 atom stereocenters. The third-order valence-electron chi connectivity index (χ3n) is 2.05. The third-order valence-corrected chi connectivity index (χ3v) is 2.05. The maximum Gasteiger partial charge on any atom is 0.345 e. The number of nitro benzene ring substituents is 1. The number of hydrogen-bond acceptors (Lipinski definition) is 4. The number of hydrogen-bond donors (Lipinski definition) is 0. The van der Waals surface area contributed by atoms with Gasteiger partial charge in [0.05, 0.1) is 11.0 Å². The minimum atomic E-state index is -2.99. The zero-order valence-electron chi connectivity index (χ0n) is 9.72. The van der Waals surface area contributed by atoms with Crippen molar-refractivity contribution in [3.8, 4) is 0 Å². The average Bonchev–Trinajstić information content (AvgIpc) is 2.26. The number of carbonyl (C=O) groups is 1. The lowest BCUT2D eigenvalue weighted by atomic mass is 10.1. The molecule has 1 aromatic carbocycles. The van der Waals surface area contributed by atoms with Gasteiger partial charge >= 0.3 is 5.97 Å². The molecule has 0 fully saturated rings. The molecule has 0 unspecified atom stereocenters. The number of benzene rings is 1. The minimum Gasteiger partial charge on any atom is -0.459 e. The Morgan fingerprint density at radius 2 is 2.00 bits per heavy atom. The summed E-state index contributed by atoms with van der Waals surface area (Å²) >= 11 is 0. The van der Waals surface area contributed by atoms with E-state index in [2.05, 4.69) is 0 Å². The van der Waals surface area contributed by atoms with Gasteiger partial charge in [0.1, 0.15) is 5.56 Å². The smallest absolute Gasteiger partial charge is 0.345 e. The van der Waals surface area contributed by atoms with Crippen LogP contribution in [0.4, 0.5) is 14.5 Å². The maximum atomic E-state index is 12.7. The number of nitro groups is 1. The third kappa shape index (κ3) is 2.99. The normalized spacial score (nSPS) is 10.8. The first-order valence-electron chi connectivity index (χ1n) is 5.11. The van der Waals surface area contributed by atoms with Gasteiger partial charge in [0.15, 0.2) is 0 Å². The first-order chi connectivity index (χ1) is 8.34. The van der Waals surface area contributed by atoms with Gasteiger partial charge in [-0.2, -0.15) is 0 Å². The van der Waals surface area contributed by atoms with Crippen LogP contribution in [-0.2, 0) is 4.74 Å². The van der Waals surface area contributed by atoms with Crippen LogP contribution < -0.4 is 0 Å². The molecule has 1 rings (SSSR count). The summed E-state index contributed by atoms with van der Waals surface area (Å²) < 4.78 is 30.2. The van der Waals surface area contributed by atoms with Crippen LogP contribution in [0.25, 0.3) is 0 Å². The average molecular weight is 259 g/mol. The lowest BCUT2D eigenvalue weighted by Crippen LogP contribution is -2.15. The van der Waals surface area contributed by atoms with E-state index >= 15 is 0 Å². The van der Waals surface area contributed by atoms with E-state index in [0.29, 0.717) is 0 Å². The van der Waals surface area contributed by atoms with Crippen molar-refractivity contribution in [3.63, 3.8) is 0 Å². The van der Waals surface area contributed by atoms with E-state index in [-0.39, 0.29) is 0 Å². The number of ether oxygens (including phenoxy) is 1. The molecule has 0 saturated carbocycles. The van der Waals surface area contributed by atoms with Crippen molar-refractivity contribution in [2.75, 3.05) is 0 Å². The van der Waals surface area contributed by atoms with Gasteiger partial charge in [-0.15, -0.1) is 0 Å². The van der Waals surface area contributed by atoms with Crippen molar-refractivity contribution in [1.29, 1.82) is 0 Å². The Hall–Kier alpha value is -2.05. The van der Waals surface area contributed by atoms with Crippen LogP contribution in [0.2, 0.25) is 0 Å². The van der Waals surface area contributed by atoms with Crippen molar-refractivity contribution in [2.24, 2.45) is 0 Å². The highest BCUT2D eigenvalue weighted by Crippen LogP contribution is 2.30. The predicted molar refractivity (Wildman–Crippen MR) is 58.6 cm³/mol. The van der Waals surface area contributed by atoms with Gasteiger partial charge in [-0.1, -0.05) is 12.1 Å². The number of nitrogens with zero attached hydrogens (tertiary/aromatic N) is 1. The summed E-state index contributed by atoms with van der Waals surface area (Å²) in [7, 11) is 0. The quantitative estimate of drug-likeness (QED) is 0.473. The number of rotatable bonds is 4. The van der Waals surface area contributed by atoms with Gasteiger partial charge in [-0.3, -0.25) is 10.1 Å². The lowest BCUT2D eigenvalue weighted by molar-refractivity contribution is -0.385. The highest BCUT2D eigenvalue weighted by Gasteiger charge is 2.29. The van der Waals surface area contributed by atoms with Crippen molar-refractivity contribution in [1.82, 2.24) is 0 Å². The van der Waals surface area contributed by atoms with E-state index in [1.807, 2.05) is 0 Å². The highest BCUT2D eigenvalue weighted by atomic mass is 19.3. The van der Waals surface area contributed by atoms with Gasteiger partial charge in [0.25, 0.3) is 12.1 Å². The van der Waals surface area contributed by atoms with Gasteiger partial charge in [0, 0.05) is 11.6 Å². The molecule has 1 aromatic rings. The molecule has 0 aliphatic carbocycles. The standard InChI is InChI=1S/C11H11F2NO4/c1-6(2)18-11(15)9-7(10(12)13)4-3-5-8(9)14(16)17/h3-6,10H,1-2H3. The van der Waals surface area contributed by atoms with Crippen LogP contribution in [0.1, 0.15) is 36.2 Å². The molecule has 18 heavy (non-hydrogen) atoms. The molecule has 0 aliphatic rings. The summed E-state index contributed by atoms with van der Waals surface area (Å²) in [5.41, 5.74) is -2.07. The molecule has 5 nitrogen and oxygen atoms in total. The van der Waals surface area contributed by atoms with Gasteiger partial charge < -0.3 is 4.74 Å². The molecule has 0 heterocycles. The Morgan fingerprint density at radius 3 is 2.44 bits per heavy atom. The highest BCUT2D eigenvalue weighted by molar-refractivity contribution is 5.95. The SMILES string of the molecule is CC(C)OC(=O)c1c(C(F)F)cccc1[N+](=O)[O-]. The lowest BCUT2D eigenvalue weighted by Gasteiger charge is -2.11. The fourth-order valence-electron chi connectivity index (χ4n) is 1.39. The number of esters is 1. The van der Waals surface area contributed by atoms with Crippen LogP contribution in [-0.4, -0.2) is 17.0 Å². The molecule has 0 aromatic heterocycles. The summed E-state index contributed by atoms with van der Waals surface area (Å²) in [4.78, 5) is 21.5. The second-order valence-electron chi connectivity index (χ2n) is 3.75. The number of alkyl halides is 2. The molecule has 0 saturated heterocycles. The van der Waals surface area contributed by atoms with E-state index in [1.165, 1.54) is 13.8 Å². The molecule has 0 radical (unpaired) electrons. The van der Waals surface area contributed by atoms with Crippen LogP contribution in [0, 0.1) is 10.1 Å². The van der Waals surface area contributed by atoms with Gasteiger partial charge in [-0.25, -0.2) is 13.6 Å². The molecular weight excluding hydrogens is 248 g/mol. The van der Waals surface area contributed by atoms with Crippen LogP contribution in [0.5, 0.6) is 0 Å². The number of carbonyl (C=O) groups excluding carboxylic acids is 1. The minimum absolute atomic E-state index is 0.553. The number of halogens is 2. The summed E-state index contributed by atoms with van der Waals surface area (Å²) in [6.45, 7) is 3.05. The van der Waals surface area contributed by atoms with E-state index in [4.69, 9.17) is 4.74 Å². The second kappa shape index (κ2) is 5.52. The second-order valence-corrected chi connectivity index (χ2v) is 3.75. The van der Waals surface area contributed by atoms with E-state index in [0.717, 1.165) is 18.2 Å². The van der Waals surface area contributed by atoms with Crippen molar-refractivity contribution in [3.05, 3.63) is 39.4 Å². The maximum absolute atomic E-state index is 12.7. The van der Waals surface area contributed by atoms with Crippen molar-refractivity contribution < 1.29 is 23.2 Å². The molecule has 98 valence electrons. The van der Waals surface area contributed by atoms with Crippen LogP contribution in [0.15, 0.2) is 18.2 Å². The summed E-state index contributed by atoms with van der Waals surface area (Å²) in [5.74, 6) is -1.12. The Labute approximate surface area is 102 Å². The summed E-state index contributed by atoms with van der Waals surface area (Å²) in [6.07, 6.45) is -3.54. The molecule has 7 heteroatoms. The fraction of sp³-hybridized carbons (Fsp3) is 0.364. The van der Waals surface area contributed by atoms with Crippen molar-refractivity contribution in [2.45, 2.75) is 26.4 Å². The first-order valence-corrected chi connectivity index (χ1v) is 5.11. The molecular formula is C11H11F2NO4. The van der Waals surface area contributed by atoms with Crippen molar-refractivity contribution >= 4 is 11.7 Å². The van der Waals surface area contributed by atoms with Gasteiger partial charge in [0.2, 0.25) is 0 Å². The Kier molecular flexibility index (Phi) is 4.30. The van der Waals surface area contributed by atoms with E-state index in [9.17, 15) is 23.7 Å². The van der Waals surface area contributed by atoms with Crippen LogP contribution in [0.3, 0.4) is 0 Å². The monoisotopic (exact) mass is 259 g/mol. The molecule has 0 amide bonds. The molecule has 0 aliphatic heterocycles. The summed E-state index contributed by atoms with van der Waals surface area (Å²) in [6, 6.07) is 3.06. The molecule has 0 bridgehead atoms. The fourth-order valence-corrected chi connectivity index (χ4v) is 1.39. The zero-order chi connectivity index (χ0) is 13.9. The van der Waals surface area contributed by atoms with E-state index in [1.54, 1.807) is 0 Å². The molecule has 0 N–H and O–H groups in total. The summed E-state index contributed by atoms with van der Waals surface area (Å²) in [5, 5.41) is 10.7. The molecule has 0 spiro atoms. The van der Waals surface area contributed by atoms with Crippen LogP contribution >= 0.6 is 0 Å². The largest absolute Gasteiger partial charge is 0.459 e. The predicted octanol–water partition coefficient (Wildman–Crippen LogP) is 3.10.